The molecule has 0 aliphatic rings. The smallest absolute Gasteiger partial charge is 0.192 e. The molecule has 0 unspecified atom stereocenters. The first kappa shape index (κ1) is 29.7. The Kier molecular flexibility index (Phi) is 12.1. The minimum absolute atomic E-state index is 0.0580. The lowest BCUT2D eigenvalue weighted by atomic mass is 9.88. The number of rotatable bonds is 16. The summed E-state index contributed by atoms with van der Waals surface area (Å²) < 4.78 is 6.87. The summed E-state index contributed by atoms with van der Waals surface area (Å²) in [6, 6.07) is 12.7. The maximum Gasteiger partial charge on any atom is 0.192 e. The van der Waals surface area contributed by atoms with E-state index in [0.717, 1.165) is 44.1 Å². The van der Waals surface area contributed by atoms with Gasteiger partial charge in [-0.1, -0.05) is 83.4 Å². The number of unbranched alkanes of at least 4 members (excludes halogenated alkanes) is 2. The predicted octanol–water partition coefficient (Wildman–Crippen LogP) is 10.2. The van der Waals surface area contributed by atoms with E-state index in [1.807, 2.05) is 18.2 Å². The van der Waals surface area contributed by atoms with Crippen molar-refractivity contribution >= 4 is 25.4 Å². The van der Waals surface area contributed by atoms with Gasteiger partial charge in [-0.3, -0.25) is 4.79 Å². The van der Waals surface area contributed by atoms with E-state index in [2.05, 4.69) is 77.0 Å². The van der Waals surface area contributed by atoms with Crippen LogP contribution in [0.4, 0.5) is 0 Å². The summed E-state index contributed by atoms with van der Waals surface area (Å²) in [7, 11) is -1.89. The molecule has 1 aromatic carbocycles. The molecule has 0 aliphatic heterocycles. The van der Waals surface area contributed by atoms with Crippen LogP contribution in [0.2, 0.25) is 18.1 Å². The zero-order chi connectivity index (χ0) is 25.9. The van der Waals surface area contributed by atoms with Crippen molar-refractivity contribution in [2.24, 2.45) is 5.92 Å². The van der Waals surface area contributed by atoms with Crippen molar-refractivity contribution in [2.75, 3.05) is 0 Å². The Balaban J connectivity index is 2.13. The van der Waals surface area contributed by atoms with Gasteiger partial charge in [-0.2, -0.15) is 0 Å². The molecule has 0 bridgehead atoms. The van der Waals surface area contributed by atoms with Gasteiger partial charge in [0.25, 0.3) is 0 Å². The van der Waals surface area contributed by atoms with Crippen LogP contribution in [0, 0.1) is 5.92 Å². The molecule has 0 spiro atoms. The fourth-order valence-corrected chi connectivity index (χ4v) is 6.28. The lowest BCUT2D eigenvalue weighted by Crippen LogP contribution is -2.41. The monoisotopic (exact) mass is 512 g/mol. The van der Waals surface area contributed by atoms with Gasteiger partial charge >= 0.3 is 0 Å². The minimum atomic E-state index is -1.89. The fourth-order valence-electron chi connectivity index (χ4n) is 4.21. The number of ketones is 1. The average Bonchev–Trinajstić information content (AvgIpc) is 3.33. The van der Waals surface area contributed by atoms with Crippen LogP contribution in [0.25, 0.3) is 0 Å². The van der Waals surface area contributed by atoms with E-state index in [9.17, 15) is 4.79 Å². The van der Waals surface area contributed by atoms with Crippen LogP contribution >= 0.6 is 11.3 Å². The molecule has 0 fully saturated rings. The number of Topliss-reactive ketones (excluding diaryl/α,β-unsaturated/α-hetero) is 1. The summed E-state index contributed by atoms with van der Waals surface area (Å²) in [5.41, 5.74) is 2.04. The molecule has 4 heteroatoms. The van der Waals surface area contributed by atoms with Gasteiger partial charge in [0, 0.05) is 16.4 Å². The van der Waals surface area contributed by atoms with Crippen molar-refractivity contribution in [1.82, 2.24) is 0 Å². The maximum absolute atomic E-state index is 13.4. The minimum Gasteiger partial charge on any atom is -0.410 e. The third-order valence-electron chi connectivity index (χ3n) is 7.53. The quantitative estimate of drug-likeness (QED) is 0.0967. The highest BCUT2D eigenvalue weighted by Crippen LogP contribution is 2.41. The van der Waals surface area contributed by atoms with Gasteiger partial charge in [-0.15, -0.1) is 17.9 Å². The van der Waals surface area contributed by atoms with Crippen LogP contribution in [0.5, 0.6) is 0 Å². The Morgan fingerprint density at radius 3 is 2.34 bits per heavy atom. The second kappa shape index (κ2) is 14.3. The Labute approximate surface area is 220 Å². The SMILES string of the molecule is C=CCC[C@H](CCCc1cccs1)C(=O)c1ccc([C@@H](CCCCC)O[Si](C)(C)C(C)(C)C)cc1. The van der Waals surface area contributed by atoms with Crippen LogP contribution in [0.15, 0.2) is 54.4 Å². The molecule has 1 aromatic heterocycles. The molecule has 0 N–H and O–H groups in total. The zero-order valence-electron chi connectivity index (χ0n) is 23.1. The molecule has 1 heterocycles. The van der Waals surface area contributed by atoms with Crippen molar-refractivity contribution in [3.8, 4) is 0 Å². The van der Waals surface area contributed by atoms with Crippen molar-refractivity contribution in [3.05, 3.63) is 70.4 Å². The zero-order valence-corrected chi connectivity index (χ0v) is 24.9. The van der Waals surface area contributed by atoms with Crippen LogP contribution in [0.3, 0.4) is 0 Å². The van der Waals surface area contributed by atoms with Crippen molar-refractivity contribution in [3.63, 3.8) is 0 Å². The van der Waals surface area contributed by atoms with Gasteiger partial charge in [-0.25, -0.2) is 0 Å². The maximum atomic E-state index is 13.4. The third kappa shape index (κ3) is 9.47. The van der Waals surface area contributed by atoms with E-state index in [1.165, 1.54) is 29.7 Å². The van der Waals surface area contributed by atoms with E-state index in [0.29, 0.717) is 0 Å². The van der Waals surface area contributed by atoms with Crippen molar-refractivity contribution in [2.45, 2.75) is 110 Å². The first-order valence-corrected chi connectivity index (χ1v) is 17.3. The van der Waals surface area contributed by atoms with Crippen LogP contribution in [0.1, 0.15) is 106 Å². The molecule has 0 amide bonds. The summed E-state index contributed by atoms with van der Waals surface area (Å²) in [4.78, 5) is 14.8. The normalized spacial score (nSPS) is 14.0. The van der Waals surface area contributed by atoms with Gasteiger partial charge in [0.1, 0.15) is 0 Å². The molecule has 2 rings (SSSR count). The predicted molar refractivity (Wildman–Crippen MR) is 156 cm³/mol. The summed E-state index contributed by atoms with van der Waals surface area (Å²) in [6.07, 6.45) is 11.5. The molecule has 2 atom stereocenters. The molecule has 0 saturated heterocycles. The van der Waals surface area contributed by atoms with Gasteiger partial charge in [0.15, 0.2) is 14.1 Å². The molecule has 2 aromatic rings. The summed E-state index contributed by atoms with van der Waals surface area (Å²) in [5, 5.41) is 2.30. The molecule has 35 heavy (non-hydrogen) atoms. The largest absolute Gasteiger partial charge is 0.410 e. The number of carbonyl (C=O) groups is 1. The molecule has 0 saturated carbocycles. The summed E-state index contributed by atoms with van der Waals surface area (Å²) in [5.74, 6) is 0.333. The molecule has 194 valence electrons. The Hall–Kier alpha value is -1.49. The van der Waals surface area contributed by atoms with Crippen LogP contribution < -0.4 is 0 Å². The van der Waals surface area contributed by atoms with Gasteiger partial charge in [0.05, 0.1) is 6.10 Å². The number of benzene rings is 1. The number of hydrogen-bond donors (Lipinski definition) is 0. The molecular weight excluding hydrogens is 464 g/mol. The van der Waals surface area contributed by atoms with Gasteiger partial charge in [-0.05, 0) is 73.7 Å². The Morgan fingerprint density at radius 2 is 1.77 bits per heavy atom. The van der Waals surface area contributed by atoms with E-state index >= 15 is 0 Å². The first-order chi connectivity index (χ1) is 16.6. The number of thiophene rings is 1. The number of allylic oxidation sites excluding steroid dienone is 1. The van der Waals surface area contributed by atoms with Crippen LogP contribution in [-0.4, -0.2) is 14.1 Å². The summed E-state index contributed by atoms with van der Waals surface area (Å²) in [6.45, 7) is 17.7. The molecule has 0 aliphatic carbocycles. The van der Waals surface area contributed by atoms with E-state index in [1.54, 1.807) is 11.3 Å². The molecule has 2 nitrogen and oxygen atoms in total. The van der Waals surface area contributed by atoms with E-state index < -0.39 is 8.32 Å². The third-order valence-corrected chi connectivity index (χ3v) is 12.9. The van der Waals surface area contributed by atoms with E-state index in [-0.39, 0.29) is 22.8 Å². The lowest BCUT2D eigenvalue weighted by molar-refractivity contribution is 0.0905. The highest BCUT2D eigenvalue weighted by Gasteiger charge is 2.39. The van der Waals surface area contributed by atoms with Crippen molar-refractivity contribution in [1.29, 1.82) is 0 Å². The lowest BCUT2D eigenvalue weighted by Gasteiger charge is -2.39. The summed E-state index contributed by atoms with van der Waals surface area (Å²) >= 11 is 1.80. The fraction of sp³-hybridized carbons (Fsp3) is 0.581. The van der Waals surface area contributed by atoms with Gasteiger partial charge < -0.3 is 4.43 Å². The van der Waals surface area contributed by atoms with Crippen molar-refractivity contribution < 1.29 is 9.22 Å². The second-order valence-corrected chi connectivity index (χ2v) is 17.2. The number of hydrogen-bond acceptors (Lipinski definition) is 3. The highest BCUT2D eigenvalue weighted by molar-refractivity contribution is 7.09. The average molecular weight is 513 g/mol. The standard InChI is InChI=1S/C31H48O2SSi/c1-8-10-12-19-29(33-35(6,7)31(3,4)5)25-20-22-27(23-21-25)30(32)26(15-11-9-2)16-13-17-28-18-14-24-34-28/h9,14,18,20-24,26,29H,2,8,10-13,15-17,19H2,1,3-7H3/t26-,29-/m1/s1. The first-order valence-electron chi connectivity index (χ1n) is 13.5. The van der Waals surface area contributed by atoms with Gasteiger partial charge in [0.2, 0.25) is 0 Å². The topological polar surface area (TPSA) is 26.3 Å². The Morgan fingerprint density at radius 1 is 1.06 bits per heavy atom. The number of carbonyl (C=O) groups excluding carboxylic acids is 1. The number of aryl methyl sites for hydroxylation is 1. The molecular formula is C31H48O2SSi. The Bertz CT molecular complexity index is 878. The van der Waals surface area contributed by atoms with E-state index in [4.69, 9.17) is 4.43 Å². The van der Waals surface area contributed by atoms with Crippen LogP contribution in [-0.2, 0) is 10.8 Å². The highest BCUT2D eigenvalue weighted by atomic mass is 32.1. The second-order valence-electron chi connectivity index (χ2n) is 11.4. The molecule has 0 radical (unpaired) electrons.